The average Bonchev–Trinajstić information content (AvgIpc) is 3.26. The summed E-state index contributed by atoms with van der Waals surface area (Å²) in [5, 5.41) is 4.15. The summed E-state index contributed by atoms with van der Waals surface area (Å²) in [5.74, 6) is 0.467. The van der Waals surface area contributed by atoms with Crippen molar-refractivity contribution in [1.29, 1.82) is 0 Å². The van der Waals surface area contributed by atoms with Gasteiger partial charge in [-0.15, -0.1) is 11.8 Å². The van der Waals surface area contributed by atoms with Crippen LogP contribution in [0, 0.1) is 0 Å². The van der Waals surface area contributed by atoms with Crippen LogP contribution in [0.1, 0.15) is 44.6 Å². The van der Waals surface area contributed by atoms with E-state index >= 15 is 0 Å². The lowest BCUT2D eigenvalue weighted by Crippen LogP contribution is -2.49. The fourth-order valence-electron chi connectivity index (χ4n) is 3.72. The molecule has 0 aliphatic heterocycles. The van der Waals surface area contributed by atoms with Crippen LogP contribution >= 0.6 is 35.0 Å². The molecule has 31 heavy (non-hydrogen) atoms. The molecular formula is C24H28Cl2N2O2S. The molecule has 0 spiro atoms. The molecule has 0 bridgehead atoms. The Balaban J connectivity index is 1.68. The molecule has 1 atom stereocenters. The van der Waals surface area contributed by atoms with Crippen molar-refractivity contribution in [3.8, 4) is 0 Å². The highest BCUT2D eigenvalue weighted by Gasteiger charge is 2.28. The van der Waals surface area contributed by atoms with Crippen LogP contribution in [0.2, 0.25) is 10.0 Å². The number of hydrogen-bond donors (Lipinski definition) is 1. The first kappa shape index (κ1) is 24.0. The van der Waals surface area contributed by atoms with Gasteiger partial charge in [-0.25, -0.2) is 0 Å². The van der Waals surface area contributed by atoms with Gasteiger partial charge < -0.3 is 10.2 Å². The summed E-state index contributed by atoms with van der Waals surface area (Å²) in [7, 11) is 0. The Morgan fingerprint density at radius 3 is 2.52 bits per heavy atom. The van der Waals surface area contributed by atoms with Gasteiger partial charge in [-0.1, -0.05) is 60.3 Å². The van der Waals surface area contributed by atoms with Gasteiger partial charge >= 0.3 is 0 Å². The van der Waals surface area contributed by atoms with Crippen molar-refractivity contribution in [1.82, 2.24) is 10.2 Å². The van der Waals surface area contributed by atoms with Gasteiger partial charge in [-0.3, -0.25) is 9.59 Å². The van der Waals surface area contributed by atoms with Crippen LogP contribution < -0.4 is 5.32 Å². The maximum atomic E-state index is 13.2. The van der Waals surface area contributed by atoms with E-state index in [4.69, 9.17) is 23.2 Å². The first-order valence-electron chi connectivity index (χ1n) is 10.7. The molecule has 1 fully saturated rings. The number of nitrogens with one attached hydrogen (secondary N) is 1. The predicted octanol–water partition coefficient (Wildman–Crippen LogP) is 5.95. The molecule has 0 saturated heterocycles. The maximum Gasteiger partial charge on any atom is 0.242 e. The minimum Gasteiger partial charge on any atom is -0.352 e. The third-order valence-corrected chi connectivity index (χ3v) is 7.15. The zero-order chi connectivity index (χ0) is 22.2. The number of thioether (sulfide) groups is 1. The quantitative estimate of drug-likeness (QED) is 0.452. The fourth-order valence-corrected chi connectivity index (χ4v) is 5.05. The van der Waals surface area contributed by atoms with Crippen LogP contribution in [0.5, 0.6) is 0 Å². The third-order valence-electron chi connectivity index (χ3n) is 5.55. The van der Waals surface area contributed by atoms with E-state index in [1.807, 2.05) is 36.4 Å². The first-order chi connectivity index (χ1) is 14.9. The van der Waals surface area contributed by atoms with Crippen LogP contribution in [-0.4, -0.2) is 34.6 Å². The lowest BCUT2D eigenvalue weighted by atomic mass is 10.1. The van der Waals surface area contributed by atoms with E-state index in [2.05, 4.69) is 5.32 Å². The summed E-state index contributed by atoms with van der Waals surface area (Å²) in [4.78, 5) is 28.8. The highest BCUT2D eigenvalue weighted by molar-refractivity contribution is 7.99. The molecule has 0 unspecified atom stereocenters. The maximum absolute atomic E-state index is 13.2. The summed E-state index contributed by atoms with van der Waals surface area (Å²) < 4.78 is 0. The number of rotatable bonds is 9. The van der Waals surface area contributed by atoms with Crippen molar-refractivity contribution in [3.05, 3.63) is 64.1 Å². The summed E-state index contributed by atoms with van der Waals surface area (Å²) in [6.45, 7) is 2.06. The van der Waals surface area contributed by atoms with Crippen molar-refractivity contribution < 1.29 is 9.59 Å². The second-order valence-corrected chi connectivity index (χ2v) is 9.85. The van der Waals surface area contributed by atoms with E-state index in [0.717, 1.165) is 36.1 Å². The molecule has 2 amide bonds. The van der Waals surface area contributed by atoms with Gasteiger partial charge in [0.25, 0.3) is 0 Å². The molecule has 0 aromatic heterocycles. The van der Waals surface area contributed by atoms with Crippen LogP contribution in [-0.2, 0) is 16.1 Å². The monoisotopic (exact) mass is 478 g/mol. The Kier molecular flexibility index (Phi) is 9.12. The largest absolute Gasteiger partial charge is 0.352 e. The van der Waals surface area contributed by atoms with Gasteiger partial charge in [0.2, 0.25) is 11.8 Å². The molecule has 166 valence electrons. The van der Waals surface area contributed by atoms with Gasteiger partial charge in [0.1, 0.15) is 6.04 Å². The molecule has 0 radical (unpaired) electrons. The van der Waals surface area contributed by atoms with Crippen LogP contribution in [0.3, 0.4) is 0 Å². The number of carbonyl (C=O) groups excluding carboxylic acids is 2. The van der Waals surface area contributed by atoms with Crippen molar-refractivity contribution in [2.75, 3.05) is 5.75 Å². The predicted molar refractivity (Wildman–Crippen MR) is 129 cm³/mol. The zero-order valence-corrected chi connectivity index (χ0v) is 20.0. The van der Waals surface area contributed by atoms with E-state index in [0.29, 0.717) is 22.2 Å². The van der Waals surface area contributed by atoms with Gasteiger partial charge in [-0.2, -0.15) is 0 Å². The summed E-state index contributed by atoms with van der Waals surface area (Å²) in [6.07, 6.45) is 4.62. The van der Waals surface area contributed by atoms with Gasteiger partial charge in [-0.05, 0) is 49.6 Å². The minimum atomic E-state index is -0.582. The number of nitrogens with zero attached hydrogens (tertiary/aromatic N) is 1. The zero-order valence-electron chi connectivity index (χ0n) is 17.7. The van der Waals surface area contributed by atoms with E-state index in [1.165, 1.54) is 0 Å². The first-order valence-corrected chi connectivity index (χ1v) is 12.4. The molecule has 7 heteroatoms. The van der Waals surface area contributed by atoms with Crippen molar-refractivity contribution in [2.24, 2.45) is 0 Å². The van der Waals surface area contributed by atoms with Crippen LogP contribution in [0.25, 0.3) is 0 Å². The molecule has 4 nitrogen and oxygen atoms in total. The van der Waals surface area contributed by atoms with E-state index in [-0.39, 0.29) is 24.4 Å². The average molecular weight is 479 g/mol. The number of benzene rings is 2. The summed E-state index contributed by atoms with van der Waals surface area (Å²) in [5.41, 5.74) is 0.774. The van der Waals surface area contributed by atoms with E-state index in [9.17, 15) is 9.59 Å². The SMILES string of the molecule is C[C@H](C(=O)NC1CCCC1)N(Cc1ccc(Cl)cc1Cl)C(=O)CCSc1ccccc1. The summed E-state index contributed by atoms with van der Waals surface area (Å²) in [6, 6.07) is 14.8. The molecule has 2 aromatic rings. The topological polar surface area (TPSA) is 49.4 Å². The Morgan fingerprint density at radius 1 is 1.13 bits per heavy atom. The Hall–Kier alpha value is -1.69. The normalized spacial score (nSPS) is 14.9. The van der Waals surface area contributed by atoms with Crippen molar-refractivity contribution in [3.63, 3.8) is 0 Å². The molecule has 1 aliphatic carbocycles. The fraction of sp³-hybridized carbons (Fsp3) is 0.417. The summed E-state index contributed by atoms with van der Waals surface area (Å²) >= 11 is 14.0. The molecule has 0 heterocycles. The molecule has 1 N–H and O–H groups in total. The standard InChI is InChI=1S/C24H28Cl2N2O2S/c1-17(24(30)27-20-7-5-6-8-20)28(16-18-11-12-19(25)15-22(18)26)23(29)13-14-31-21-9-3-2-4-10-21/h2-4,9-12,15,17,20H,5-8,13-14,16H2,1H3,(H,27,30)/t17-/m1/s1. The molecular weight excluding hydrogens is 451 g/mol. The van der Waals surface area contributed by atoms with Crippen LogP contribution in [0.15, 0.2) is 53.4 Å². The van der Waals surface area contributed by atoms with Crippen LogP contribution in [0.4, 0.5) is 0 Å². The lowest BCUT2D eigenvalue weighted by Gasteiger charge is -2.30. The Labute approximate surface area is 198 Å². The molecule has 1 aliphatic rings. The number of carbonyl (C=O) groups is 2. The van der Waals surface area contributed by atoms with Crippen molar-refractivity contribution in [2.45, 2.75) is 62.6 Å². The Morgan fingerprint density at radius 2 is 1.84 bits per heavy atom. The molecule has 2 aromatic carbocycles. The van der Waals surface area contributed by atoms with Gasteiger partial charge in [0, 0.05) is 39.7 Å². The number of hydrogen-bond acceptors (Lipinski definition) is 3. The number of halogens is 2. The highest BCUT2D eigenvalue weighted by Crippen LogP contribution is 2.25. The Bertz CT molecular complexity index is 888. The highest BCUT2D eigenvalue weighted by atomic mass is 35.5. The molecule has 3 rings (SSSR count). The van der Waals surface area contributed by atoms with Crippen molar-refractivity contribution >= 4 is 46.8 Å². The van der Waals surface area contributed by atoms with E-state index < -0.39 is 6.04 Å². The van der Waals surface area contributed by atoms with Gasteiger partial charge in [0.15, 0.2) is 0 Å². The number of amides is 2. The molecule has 1 saturated carbocycles. The lowest BCUT2D eigenvalue weighted by molar-refractivity contribution is -0.140. The second kappa shape index (κ2) is 11.8. The smallest absolute Gasteiger partial charge is 0.242 e. The van der Waals surface area contributed by atoms with E-state index in [1.54, 1.807) is 35.7 Å². The minimum absolute atomic E-state index is 0.0662. The second-order valence-electron chi connectivity index (χ2n) is 7.83. The third kappa shape index (κ3) is 7.16. The van der Waals surface area contributed by atoms with Gasteiger partial charge in [0.05, 0.1) is 0 Å².